The van der Waals surface area contributed by atoms with Gasteiger partial charge in [-0.3, -0.25) is 4.98 Å². The molecule has 5 rings (SSSR count). The Balaban J connectivity index is 1.39. The van der Waals surface area contributed by atoms with Crippen molar-refractivity contribution >= 4 is 28.3 Å². The van der Waals surface area contributed by atoms with Gasteiger partial charge in [0.15, 0.2) is 5.90 Å². The summed E-state index contributed by atoms with van der Waals surface area (Å²) >= 11 is 0. The number of nitrogens with zero attached hydrogens (tertiary/aromatic N) is 4. The summed E-state index contributed by atoms with van der Waals surface area (Å²) in [7, 11) is 0. The Kier molecular flexibility index (Phi) is 5.38. The van der Waals surface area contributed by atoms with E-state index in [4.69, 9.17) is 9.47 Å². The molecule has 2 aromatic carbocycles. The summed E-state index contributed by atoms with van der Waals surface area (Å²) < 4.78 is 11.7. The number of hydrogen-bond donors (Lipinski definition) is 1. The van der Waals surface area contributed by atoms with Gasteiger partial charge in [0.25, 0.3) is 0 Å². The molecule has 0 radical (unpaired) electrons. The van der Waals surface area contributed by atoms with Gasteiger partial charge < -0.3 is 14.8 Å². The topological polar surface area (TPSA) is 81.5 Å². The summed E-state index contributed by atoms with van der Waals surface area (Å²) in [6, 6.07) is 15.8. The van der Waals surface area contributed by atoms with Crippen molar-refractivity contribution in [3.8, 4) is 11.5 Å². The molecule has 0 bridgehead atoms. The van der Waals surface area contributed by atoms with E-state index in [2.05, 4.69) is 51.2 Å². The molecule has 7 nitrogen and oxygen atoms in total. The van der Waals surface area contributed by atoms with Gasteiger partial charge >= 0.3 is 0 Å². The Morgan fingerprint density at radius 3 is 2.76 bits per heavy atom. The van der Waals surface area contributed by atoms with Crippen molar-refractivity contribution in [2.75, 3.05) is 11.9 Å². The van der Waals surface area contributed by atoms with Gasteiger partial charge in [-0.05, 0) is 74.4 Å². The van der Waals surface area contributed by atoms with E-state index < -0.39 is 0 Å². The van der Waals surface area contributed by atoms with Crippen LogP contribution in [0.25, 0.3) is 10.9 Å². The molecule has 3 heterocycles. The van der Waals surface area contributed by atoms with Crippen LogP contribution in [-0.2, 0) is 11.2 Å². The Labute approximate surface area is 192 Å². The molecule has 7 heteroatoms. The molecule has 0 fully saturated rings. The molecule has 0 aliphatic carbocycles. The van der Waals surface area contributed by atoms with Crippen LogP contribution in [0.5, 0.6) is 11.5 Å². The van der Waals surface area contributed by atoms with Gasteiger partial charge in [0.2, 0.25) is 0 Å². The van der Waals surface area contributed by atoms with Crippen LogP contribution >= 0.6 is 0 Å². The highest BCUT2D eigenvalue weighted by molar-refractivity contribution is 5.92. The fourth-order valence-electron chi connectivity index (χ4n) is 3.75. The van der Waals surface area contributed by atoms with Crippen molar-refractivity contribution in [2.24, 2.45) is 4.99 Å². The first-order valence-electron chi connectivity index (χ1n) is 10.9. The number of nitrogens with one attached hydrogen (secondary N) is 1. The number of rotatable bonds is 6. The fourth-order valence-corrected chi connectivity index (χ4v) is 3.75. The van der Waals surface area contributed by atoms with Crippen molar-refractivity contribution in [1.82, 2.24) is 15.0 Å². The first-order valence-corrected chi connectivity index (χ1v) is 10.9. The van der Waals surface area contributed by atoms with Crippen LogP contribution in [0.1, 0.15) is 25.0 Å². The lowest BCUT2D eigenvalue weighted by Crippen LogP contribution is -2.17. The summed E-state index contributed by atoms with van der Waals surface area (Å²) in [5.74, 6) is 3.00. The molecule has 0 unspecified atom stereocenters. The van der Waals surface area contributed by atoms with Gasteiger partial charge in [-0.2, -0.15) is 0 Å². The van der Waals surface area contributed by atoms with Crippen LogP contribution in [0.2, 0.25) is 0 Å². The maximum atomic E-state index is 5.94. The SMILES string of the molecule is Cc1cc(Nc2ncnc3ccc(CC4=NC(C)(C)CO4)cc23)ccc1Oc1cccnc1. The van der Waals surface area contributed by atoms with Crippen molar-refractivity contribution in [2.45, 2.75) is 32.7 Å². The van der Waals surface area contributed by atoms with Gasteiger partial charge in [-0.1, -0.05) is 6.07 Å². The number of aliphatic imine (C=N–C) groups is 1. The quantitative estimate of drug-likeness (QED) is 0.420. The van der Waals surface area contributed by atoms with E-state index in [0.717, 1.165) is 45.2 Å². The van der Waals surface area contributed by atoms with Gasteiger partial charge in [0.05, 0.1) is 17.3 Å². The van der Waals surface area contributed by atoms with E-state index in [1.807, 2.05) is 43.3 Å². The highest BCUT2D eigenvalue weighted by atomic mass is 16.5. The Bertz CT molecular complexity index is 1340. The van der Waals surface area contributed by atoms with Crippen LogP contribution < -0.4 is 10.1 Å². The van der Waals surface area contributed by atoms with Crippen LogP contribution in [0.15, 0.2) is 72.2 Å². The lowest BCUT2D eigenvalue weighted by atomic mass is 10.1. The van der Waals surface area contributed by atoms with Crippen LogP contribution in [0.3, 0.4) is 0 Å². The van der Waals surface area contributed by atoms with Crippen molar-refractivity contribution in [3.05, 3.63) is 78.4 Å². The third kappa shape index (κ3) is 4.77. The zero-order chi connectivity index (χ0) is 22.8. The molecule has 2 aromatic heterocycles. The highest BCUT2D eigenvalue weighted by Gasteiger charge is 2.26. The molecule has 0 amide bonds. The zero-order valence-corrected chi connectivity index (χ0v) is 18.9. The molecular formula is C26H25N5O2. The smallest absolute Gasteiger partial charge is 0.188 e. The molecular weight excluding hydrogens is 414 g/mol. The molecule has 1 aliphatic rings. The minimum atomic E-state index is -0.160. The lowest BCUT2D eigenvalue weighted by molar-refractivity contribution is 0.275. The van der Waals surface area contributed by atoms with E-state index >= 15 is 0 Å². The molecule has 0 saturated heterocycles. The first kappa shape index (κ1) is 20.9. The van der Waals surface area contributed by atoms with E-state index in [0.29, 0.717) is 18.8 Å². The number of benzene rings is 2. The first-order chi connectivity index (χ1) is 15.9. The van der Waals surface area contributed by atoms with E-state index in [1.54, 1.807) is 18.7 Å². The van der Waals surface area contributed by atoms with Crippen molar-refractivity contribution in [1.29, 1.82) is 0 Å². The van der Waals surface area contributed by atoms with Crippen LogP contribution in [0, 0.1) is 6.92 Å². The number of anilines is 2. The Morgan fingerprint density at radius 1 is 1.09 bits per heavy atom. The summed E-state index contributed by atoms with van der Waals surface area (Å²) in [5, 5.41) is 4.38. The van der Waals surface area contributed by atoms with E-state index in [-0.39, 0.29) is 5.54 Å². The average Bonchev–Trinajstić information content (AvgIpc) is 3.15. The summed E-state index contributed by atoms with van der Waals surface area (Å²) in [6.45, 7) is 6.78. The molecule has 0 spiro atoms. The van der Waals surface area contributed by atoms with Crippen LogP contribution in [0.4, 0.5) is 11.5 Å². The lowest BCUT2D eigenvalue weighted by Gasteiger charge is -2.13. The standard InChI is InChI=1S/C26H25N5O2/c1-17-11-19(7-9-23(17)33-20-5-4-10-27-14-20)30-25-21-12-18(6-8-22(21)28-16-29-25)13-24-31-26(2,3)15-32-24/h4-12,14,16H,13,15H2,1-3H3,(H,28,29,30). The molecule has 166 valence electrons. The maximum absolute atomic E-state index is 5.94. The Hall–Kier alpha value is -4.00. The summed E-state index contributed by atoms with van der Waals surface area (Å²) in [5.41, 5.74) is 3.74. The molecule has 0 atom stereocenters. The molecule has 1 aliphatic heterocycles. The van der Waals surface area contributed by atoms with Gasteiger partial charge in [0, 0.05) is 23.7 Å². The molecule has 1 N–H and O–H groups in total. The predicted octanol–water partition coefficient (Wildman–Crippen LogP) is 5.62. The van der Waals surface area contributed by atoms with E-state index in [9.17, 15) is 0 Å². The second-order valence-electron chi connectivity index (χ2n) is 8.75. The van der Waals surface area contributed by atoms with Gasteiger partial charge in [0.1, 0.15) is 30.3 Å². The number of aryl methyl sites for hydroxylation is 1. The summed E-state index contributed by atoms with van der Waals surface area (Å²) in [4.78, 5) is 17.7. The minimum absolute atomic E-state index is 0.160. The van der Waals surface area contributed by atoms with Gasteiger partial charge in [-0.15, -0.1) is 0 Å². The normalized spacial score (nSPS) is 14.6. The van der Waals surface area contributed by atoms with Crippen LogP contribution in [-0.4, -0.2) is 33.0 Å². The third-order valence-corrected chi connectivity index (χ3v) is 5.37. The van der Waals surface area contributed by atoms with Gasteiger partial charge in [-0.25, -0.2) is 15.0 Å². The number of aromatic nitrogens is 3. The number of pyridine rings is 1. The number of fused-ring (bicyclic) bond motifs is 1. The number of hydrogen-bond acceptors (Lipinski definition) is 7. The number of ether oxygens (including phenoxy) is 2. The monoisotopic (exact) mass is 439 g/mol. The maximum Gasteiger partial charge on any atom is 0.188 e. The Morgan fingerprint density at radius 2 is 2.00 bits per heavy atom. The molecule has 0 saturated carbocycles. The second-order valence-corrected chi connectivity index (χ2v) is 8.75. The average molecular weight is 440 g/mol. The van der Waals surface area contributed by atoms with E-state index in [1.165, 1.54) is 0 Å². The third-order valence-electron chi connectivity index (χ3n) is 5.37. The summed E-state index contributed by atoms with van der Waals surface area (Å²) in [6.07, 6.45) is 5.63. The zero-order valence-electron chi connectivity index (χ0n) is 18.9. The fraction of sp³-hybridized carbons (Fsp3) is 0.231. The van der Waals surface area contributed by atoms with Crippen molar-refractivity contribution < 1.29 is 9.47 Å². The predicted molar refractivity (Wildman–Crippen MR) is 129 cm³/mol. The van der Waals surface area contributed by atoms with Crippen molar-refractivity contribution in [3.63, 3.8) is 0 Å². The molecule has 33 heavy (non-hydrogen) atoms. The molecule has 4 aromatic rings. The minimum Gasteiger partial charge on any atom is -0.478 e. The largest absolute Gasteiger partial charge is 0.478 e. The second kappa shape index (κ2) is 8.50. The highest BCUT2D eigenvalue weighted by Crippen LogP contribution is 2.30.